The summed E-state index contributed by atoms with van der Waals surface area (Å²) < 4.78 is 17.1. The van der Waals surface area contributed by atoms with Gasteiger partial charge in [0, 0.05) is 0 Å². The summed E-state index contributed by atoms with van der Waals surface area (Å²) in [5.74, 6) is -1.09. The van der Waals surface area contributed by atoms with E-state index in [0.717, 1.165) is 12.3 Å². The summed E-state index contributed by atoms with van der Waals surface area (Å²) in [4.78, 5) is 12.6. The molecule has 0 aliphatic rings. The highest BCUT2D eigenvalue weighted by molar-refractivity contribution is 5.34. The second-order valence-electron chi connectivity index (χ2n) is 1.94. The zero-order chi connectivity index (χ0) is 9.14. The van der Waals surface area contributed by atoms with Crippen LogP contribution in [-0.4, -0.2) is 17.0 Å². The van der Waals surface area contributed by atoms with Gasteiger partial charge in [0.25, 0.3) is 11.6 Å². The smallest absolute Gasteiger partial charge is 0.291 e. The van der Waals surface area contributed by atoms with Crippen molar-refractivity contribution in [1.29, 1.82) is 0 Å². The highest BCUT2D eigenvalue weighted by Crippen LogP contribution is 2.19. The lowest BCUT2D eigenvalue weighted by Gasteiger charge is -1.98. The molecule has 1 aromatic heterocycles. The topological polar surface area (TPSA) is 65.3 Å². The molecular weight excluding hydrogens is 167 g/mol. The van der Waals surface area contributed by atoms with Crippen molar-refractivity contribution in [2.75, 3.05) is 7.11 Å². The molecule has 0 N–H and O–H groups in total. The largest absolute Gasteiger partial charge is 0.492 e. The van der Waals surface area contributed by atoms with E-state index in [1.807, 2.05) is 0 Å². The van der Waals surface area contributed by atoms with Crippen molar-refractivity contribution < 1.29 is 14.1 Å². The number of methoxy groups -OCH3 is 1. The van der Waals surface area contributed by atoms with Gasteiger partial charge >= 0.3 is 0 Å². The number of nitrogens with zero attached hydrogens (tertiary/aromatic N) is 2. The molecule has 12 heavy (non-hydrogen) atoms. The van der Waals surface area contributed by atoms with Crippen LogP contribution in [0.5, 0.6) is 5.75 Å². The van der Waals surface area contributed by atoms with Crippen molar-refractivity contribution in [2.45, 2.75) is 0 Å². The van der Waals surface area contributed by atoms with Crippen LogP contribution >= 0.6 is 0 Å². The molecule has 0 aliphatic carbocycles. The van der Waals surface area contributed by atoms with Crippen molar-refractivity contribution in [3.8, 4) is 5.75 Å². The van der Waals surface area contributed by atoms with Gasteiger partial charge in [-0.05, 0) is 0 Å². The molecule has 0 radical (unpaired) electrons. The van der Waals surface area contributed by atoms with Gasteiger partial charge in [0.2, 0.25) is 0 Å². The van der Waals surface area contributed by atoms with Gasteiger partial charge in [-0.25, -0.2) is 4.98 Å². The molecule has 0 aliphatic heterocycles. The second kappa shape index (κ2) is 3.12. The van der Waals surface area contributed by atoms with Gasteiger partial charge in [0.1, 0.15) is 6.20 Å². The van der Waals surface area contributed by atoms with Crippen LogP contribution < -0.4 is 4.74 Å². The summed E-state index contributed by atoms with van der Waals surface area (Å²) in [6, 6.07) is 0.975. The highest BCUT2D eigenvalue weighted by atomic mass is 19.1. The van der Waals surface area contributed by atoms with Crippen molar-refractivity contribution in [2.24, 2.45) is 0 Å². The van der Waals surface area contributed by atoms with E-state index in [1.165, 1.54) is 7.11 Å². The van der Waals surface area contributed by atoms with Crippen LogP contribution in [0.2, 0.25) is 0 Å². The maximum absolute atomic E-state index is 12.6. The molecular formula is C6H5FN2O3. The van der Waals surface area contributed by atoms with Gasteiger partial charge in [0.15, 0.2) is 5.75 Å². The zero-order valence-corrected chi connectivity index (χ0v) is 6.15. The quantitative estimate of drug-likeness (QED) is 0.381. The number of hydrogen-bond acceptors (Lipinski definition) is 4. The summed E-state index contributed by atoms with van der Waals surface area (Å²) in [6.45, 7) is 0. The average molecular weight is 172 g/mol. The molecule has 0 aromatic carbocycles. The standard InChI is InChI=1S/C6H5FN2O3/c1-12-5-2-4(9(10)11)3-8-6(5)7/h2-3H,1H3. The number of hydrogen-bond donors (Lipinski definition) is 0. The zero-order valence-electron chi connectivity index (χ0n) is 6.15. The lowest BCUT2D eigenvalue weighted by molar-refractivity contribution is -0.385. The Hall–Kier alpha value is -1.72. The summed E-state index contributed by atoms with van der Waals surface area (Å²) in [5, 5.41) is 10.2. The predicted octanol–water partition coefficient (Wildman–Crippen LogP) is 1.14. The molecule has 5 nitrogen and oxygen atoms in total. The summed E-state index contributed by atoms with van der Waals surface area (Å²) in [6.07, 6.45) is 0.831. The molecule has 0 saturated carbocycles. The summed E-state index contributed by atoms with van der Waals surface area (Å²) >= 11 is 0. The van der Waals surface area contributed by atoms with Gasteiger partial charge in [-0.2, -0.15) is 4.39 Å². The third-order valence-corrected chi connectivity index (χ3v) is 1.22. The van der Waals surface area contributed by atoms with E-state index in [4.69, 9.17) is 0 Å². The first-order chi connectivity index (χ1) is 5.65. The van der Waals surface area contributed by atoms with Crippen molar-refractivity contribution in [3.63, 3.8) is 0 Å². The number of rotatable bonds is 2. The Morgan fingerprint density at radius 3 is 2.92 bits per heavy atom. The normalized spacial score (nSPS) is 9.50. The Bertz CT molecular complexity index is 316. The van der Waals surface area contributed by atoms with Crippen LogP contribution in [0, 0.1) is 16.1 Å². The number of ether oxygens (including phenoxy) is 1. The van der Waals surface area contributed by atoms with E-state index in [1.54, 1.807) is 0 Å². The van der Waals surface area contributed by atoms with E-state index >= 15 is 0 Å². The third kappa shape index (κ3) is 1.47. The highest BCUT2D eigenvalue weighted by Gasteiger charge is 2.11. The molecule has 1 heterocycles. The lowest BCUT2D eigenvalue weighted by Crippen LogP contribution is -1.95. The fraction of sp³-hybridized carbons (Fsp3) is 0.167. The first kappa shape index (κ1) is 8.38. The van der Waals surface area contributed by atoms with Crippen LogP contribution in [0.3, 0.4) is 0 Å². The third-order valence-electron chi connectivity index (χ3n) is 1.22. The van der Waals surface area contributed by atoms with Crippen LogP contribution in [0.4, 0.5) is 10.1 Å². The number of aromatic nitrogens is 1. The van der Waals surface area contributed by atoms with Crippen molar-refractivity contribution >= 4 is 5.69 Å². The monoisotopic (exact) mass is 172 g/mol. The van der Waals surface area contributed by atoms with E-state index in [9.17, 15) is 14.5 Å². The molecule has 0 bridgehead atoms. The van der Waals surface area contributed by atoms with Crippen molar-refractivity contribution in [3.05, 3.63) is 28.3 Å². The lowest BCUT2D eigenvalue weighted by atomic mass is 10.4. The van der Waals surface area contributed by atoms with E-state index in [2.05, 4.69) is 9.72 Å². The molecule has 0 amide bonds. The Morgan fingerprint density at radius 1 is 1.75 bits per heavy atom. The maximum Gasteiger partial charge on any atom is 0.291 e. The van der Waals surface area contributed by atoms with Crippen LogP contribution in [0.15, 0.2) is 12.3 Å². The Labute approximate surface area is 66.9 Å². The van der Waals surface area contributed by atoms with Gasteiger partial charge in [-0.15, -0.1) is 0 Å². The predicted molar refractivity (Wildman–Crippen MR) is 37.4 cm³/mol. The molecule has 6 heteroatoms. The van der Waals surface area contributed by atoms with Crippen LogP contribution in [0.1, 0.15) is 0 Å². The summed E-state index contributed by atoms with van der Waals surface area (Å²) in [7, 11) is 1.21. The molecule has 64 valence electrons. The molecule has 0 atom stereocenters. The van der Waals surface area contributed by atoms with Gasteiger partial charge in [-0.3, -0.25) is 10.1 Å². The number of pyridine rings is 1. The molecule has 1 rings (SSSR count). The number of halogens is 1. The maximum atomic E-state index is 12.6. The Morgan fingerprint density at radius 2 is 2.42 bits per heavy atom. The minimum atomic E-state index is -0.858. The van der Waals surface area contributed by atoms with Gasteiger partial charge < -0.3 is 4.74 Å². The fourth-order valence-electron chi connectivity index (χ4n) is 0.661. The minimum Gasteiger partial charge on any atom is -0.492 e. The summed E-state index contributed by atoms with van der Waals surface area (Å²) in [5.41, 5.74) is -0.298. The van der Waals surface area contributed by atoms with E-state index < -0.39 is 10.9 Å². The fourth-order valence-corrected chi connectivity index (χ4v) is 0.661. The molecule has 0 saturated heterocycles. The van der Waals surface area contributed by atoms with Crippen molar-refractivity contribution in [1.82, 2.24) is 4.98 Å². The van der Waals surface area contributed by atoms with Crippen LogP contribution in [0.25, 0.3) is 0 Å². The average Bonchev–Trinajstić information content (AvgIpc) is 2.05. The first-order valence-electron chi connectivity index (χ1n) is 2.99. The molecule has 1 aromatic rings. The van der Waals surface area contributed by atoms with Gasteiger partial charge in [0.05, 0.1) is 18.1 Å². The van der Waals surface area contributed by atoms with Gasteiger partial charge in [-0.1, -0.05) is 0 Å². The molecule has 0 unspecified atom stereocenters. The molecule has 0 fully saturated rings. The Kier molecular flexibility index (Phi) is 2.18. The minimum absolute atomic E-state index is 0.232. The SMILES string of the molecule is COc1cc([N+](=O)[O-])cnc1F. The first-order valence-corrected chi connectivity index (χ1v) is 2.99. The van der Waals surface area contributed by atoms with Crippen LogP contribution in [-0.2, 0) is 0 Å². The molecule has 0 spiro atoms. The van der Waals surface area contributed by atoms with E-state index in [0.29, 0.717) is 0 Å². The second-order valence-corrected chi connectivity index (χ2v) is 1.94. The number of nitro groups is 1. The Balaban J connectivity index is 3.13. The van der Waals surface area contributed by atoms with E-state index in [-0.39, 0.29) is 11.4 Å².